The molecule has 0 fully saturated rings. The number of fused-ring (bicyclic) bond motifs is 1. The summed E-state index contributed by atoms with van der Waals surface area (Å²) in [4.78, 5) is 12.9. The second kappa shape index (κ2) is 5.47. The second-order valence-electron chi connectivity index (χ2n) is 4.59. The topological polar surface area (TPSA) is 26.3 Å². The molecule has 20 heavy (non-hydrogen) atoms. The summed E-state index contributed by atoms with van der Waals surface area (Å²) in [6, 6.07) is 15.8. The fourth-order valence-electron chi connectivity index (χ4n) is 2.21. The Balaban J connectivity index is 2.05. The summed E-state index contributed by atoms with van der Waals surface area (Å²) in [5, 5.41) is 4.09. The van der Waals surface area contributed by atoms with Gasteiger partial charge in [-0.3, -0.25) is 4.79 Å². The largest absolute Gasteiger partial charge is 0.487 e. The Hall–Kier alpha value is -2.13. The van der Waals surface area contributed by atoms with Gasteiger partial charge in [0.1, 0.15) is 12.4 Å². The van der Waals surface area contributed by atoms with E-state index < -0.39 is 0 Å². The standard InChI is InChI=1S/C17H14O2S/c1-12(18)15-9-8-13-5-2-3-7-16(13)17(15)19-11-14-6-4-10-20-14/h2-10H,11H2,1H3. The molecule has 0 aliphatic carbocycles. The molecule has 0 spiro atoms. The summed E-state index contributed by atoms with van der Waals surface area (Å²) in [5.74, 6) is 0.709. The predicted molar refractivity (Wildman–Crippen MR) is 82.6 cm³/mol. The fraction of sp³-hybridized carbons (Fsp3) is 0.118. The Morgan fingerprint density at radius 1 is 1.10 bits per heavy atom. The normalized spacial score (nSPS) is 10.7. The molecule has 2 nitrogen and oxygen atoms in total. The maximum atomic E-state index is 11.8. The second-order valence-corrected chi connectivity index (χ2v) is 5.62. The lowest BCUT2D eigenvalue weighted by Crippen LogP contribution is -2.01. The van der Waals surface area contributed by atoms with E-state index in [1.165, 1.54) is 0 Å². The fourth-order valence-corrected chi connectivity index (χ4v) is 2.83. The summed E-state index contributed by atoms with van der Waals surface area (Å²) in [7, 11) is 0. The van der Waals surface area contributed by atoms with Crippen LogP contribution in [-0.2, 0) is 6.61 Å². The van der Waals surface area contributed by atoms with Crippen molar-refractivity contribution in [2.24, 2.45) is 0 Å². The third-order valence-corrected chi connectivity index (χ3v) is 4.05. The maximum absolute atomic E-state index is 11.8. The number of carbonyl (C=O) groups excluding carboxylic acids is 1. The van der Waals surface area contributed by atoms with Gasteiger partial charge in [0.2, 0.25) is 0 Å². The number of ketones is 1. The van der Waals surface area contributed by atoms with Gasteiger partial charge in [-0.1, -0.05) is 36.4 Å². The van der Waals surface area contributed by atoms with E-state index in [1.54, 1.807) is 18.3 Å². The molecule has 0 aliphatic heterocycles. The quantitative estimate of drug-likeness (QED) is 0.649. The van der Waals surface area contributed by atoms with Crippen molar-refractivity contribution in [3.8, 4) is 5.75 Å². The van der Waals surface area contributed by atoms with Crippen LogP contribution in [0.3, 0.4) is 0 Å². The summed E-state index contributed by atoms with van der Waals surface area (Å²) in [5.41, 5.74) is 0.639. The Kier molecular flexibility index (Phi) is 3.52. The van der Waals surface area contributed by atoms with Gasteiger partial charge in [0, 0.05) is 10.3 Å². The smallest absolute Gasteiger partial charge is 0.163 e. The zero-order valence-corrected chi connectivity index (χ0v) is 11.9. The minimum Gasteiger partial charge on any atom is -0.487 e. The number of ether oxygens (including phenoxy) is 1. The number of rotatable bonds is 4. The van der Waals surface area contributed by atoms with Crippen LogP contribution in [0.4, 0.5) is 0 Å². The third kappa shape index (κ3) is 2.45. The first-order valence-corrected chi connectivity index (χ1v) is 7.31. The first-order chi connectivity index (χ1) is 9.75. The minimum absolute atomic E-state index is 0.0249. The molecular formula is C17H14O2S. The monoisotopic (exact) mass is 282 g/mol. The lowest BCUT2D eigenvalue weighted by atomic mass is 10.0. The number of hydrogen-bond donors (Lipinski definition) is 0. The zero-order chi connectivity index (χ0) is 13.9. The molecular weight excluding hydrogens is 268 g/mol. The lowest BCUT2D eigenvalue weighted by molar-refractivity contribution is 0.101. The van der Waals surface area contributed by atoms with Crippen LogP contribution in [0, 0.1) is 0 Å². The van der Waals surface area contributed by atoms with Crippen molar-refractivity contribution in [3.63, 3.8) is 0 Å². The highest BCUT2D eigenvalue weighted by molar-refractivity contribution is 7.09. The molecule has 1 heterocycles. The van der Waals surface area contributed by atoms with E-state index in [0.29, 0.717) is 17.9 Å². The number of thiophene rings is 1. The van der Waals surface area contributed by atoms with Gasteiger partial charge in [-0.2, -0.15) is 0 Å². The molecule has 0 N–H and O–H groups in total. The van der Waals surface area contributed by atoms with Crippen LogP contribution >= 0.6 is 11.3 Å². The van der Waals surface area contributed by atoms with E-state index in [0.717, 1.165) is 15.6 Å². The molecule has 0 saturated heterocycles. The highest BCUT2D eigenvalue weighted by Gasteiger charge is 2.12. The summed E-state index contributed by atoms with van der Waals surface area (Å²) >= 11 is 1.65. The van der Waals surface area contributed by atoms with E-state index in [1.807, 2.05) is 53.9 Å². The molecule has 0 atom stereocenters. The Bertz CT molecular complexity index is 745. The van der Waals surface area contributed by atoms with E-state index in [4.69, 9.17) is 4.74 Å². The molecule has 0 radical (unpaired) electrons. The number of Topliss-reactive ketones (excluding diaryl/α,β-unsaturated/α-hetero) is 1. The van der Waals surface area contributed by atoms with E-state index in [-0.39, 0.29) is 5.78 Å². The summed E-state index contributed by atoms with van der Waals surface area (Å²) in [6.07, 6.45) is 0. The Morgan fingerprint density at radius 2 is 1.95 bits per heavy atom. The van der Waals surface area contributed by atoms with Crippen molar-refractivity contribution in [3.05, 3.63) is 64.4 Å². The van der Waals surface area contributed by atoms with Crippen molar-refractivity contribution in [2.75, 3.05) is 0 Å². The van der Waals surface area contributed by atoms with Gasteiger partial charge < -0.3 is 4.74 Å². The summed E-state index contributed by atoms with van der Waals surface area (Å²) < 4.78 is 5.95. The highest BCUT2D eigenvalue weighted by Crippen LogP contribution is 2.31. The van der Waals surface area contributed by atoms with Crippen LogP contribution < -0.4 is 4.74 Å². The van der Waals surface area contributed by atoms with Crippen LogP contribution in [0.5, 0.6) is 5.75 Å². The maximum Gasteiger partial charge on any atom is 0.163 e. The average molecular weight is 282 g/mol. The van der Waals surface area contributed by atoms with Gasteiger partial charge >= 0.3 is 0 Å². The van der Waals surface area contributed by atoms with Crippen LogP contribution in [0.25, 0.3) is 10.8 Å². The van der Waals surface area contributed by atoms with Gasteiger partial charge in [-0.05, 0) is 29.8 Å². The Labute approximate surface area is 121 Å². The number of hydrogen-bond acceptors (Lipinski definition) is 3. The van der Waals surface area contributed by atoms with Crippen molar-refractivity contribution in [1.29, 1.82) is 0 Å². The molecule has 3 rings (SSSR count). The summed E-state index contributed by atoms with van der Waals surface area (Å²) in [6.45, 7) is 2.06. The van der Waals surface area contributed by atoms with Crippen LogP contribution in [-0.4, -0.2) is 5.78 Å². The van der Waals surface area contributed by atoms with Crippen molar-refractivity contribution in [2.45, 2.75) is 13.5 Å². The number of benzene rings is 2. The highest BCUT2D eigenvalue weighted by atomic mass is 32.1. The lowest BCUT2D eigenvalue weighted by Gasteiger charge is -2.12. The van der Waals surface area contributed by atoms with Gasteiger partial charge in [-0.15, -0.1) is 11.3 Å². The average Bonchev–Trinajstić information content (AvgIpc) is 2.97. The van der Waals surface area contributed by atoms with E-state index in [2.05, 4.69) is 0 Å². The van der Waals surface area contributed by atoms with Crippen LogP contribution in [0.1, 0.15) is 22.2 Å². The van der Waals surface area contributed by atoms with Crippen molar-refractivity contribution >= 4 is 27.9 Å². The van der Waals surface area contributed by atoms with E-state index in [9.17, 15) is 4.79 Å². The molecule has 2 aromatic carbocycles. The SMILES string of the molecule is CC(=O)c1ccc2ccccc2c1OCc1cccs1. The van der Waals surface area contributed by atoms with Gasteiger partial charge in [0.15, 0.2) is 5.78 Å². The molecule has 0 amide bonds. The molecule has 0 aliphatic rings. The first-order valence-electron chi connectivity index (χ1n) is 6.43. The molecule has 1 aromatic heterocycles. The molecule has 100 valence electrons. The molecule has 0 unspecified atom stereocenters. The van der Waals surface area contributed by atoms with Crippen LogP contribution in [0.15, 0.2) is 53.9 Å². The van der Waals surface area contributed by atoms with Gasteiger partial charge in [0.05, 0.1) is 5.56 Å². The predicted octanol–water partition coefficient (Wildman–Crippen LogP) is 4.68. The van der Waals surface area contributed by atoms with Crippen LogP contribution in [0.2, 0.25) is 0 Å². The zero-order valence-electron chi connectivity index (χ0n) is 11.1. The van der Waals surface area contributed by atoms with Gasteiger partial charge in [0.25, 0.3) is 0 Å². The molecule has 3 heteroatoms. The molecule has 0 bridgehead atoms. The molecule has 3 aromatic rings. The van der Waals surface area contributed by atoms with Crippen molar-refractivity contribution in [1.82, 2.24) is 0 Å². The minimum atomic E-state index is 0.0249. The Morgan fingerprint density at radius 3 is 2.70 bits per heavy atom. The number of carbonyl (C=O) groups is 1. The van der Waals surface area contributed by atoms with Gasteiger partial charge in [-0.25, -0.2) is 0 Å². The van der Waals surface area contributed by atoms with E-state index >= 15 is 0 Å². The third-order valence-electron chi connectivity index (χ3n) is 3.20. The molecule has 0 saturated carbocycles. The first kappa shape index (κ1) is 12.9. The van der Waals surface area contributed by atoms with Crippen molar-refractivity contribution < 1.29 is 9.53 Å².